The number of fused-ring (bicyclic) bond motifs is 1. The lowest BCUT2D eigenvalue weighted by Crippen LogP contribution is -2.26. The minimum Gasteiger partial charge on any atom is -0.369 e. The lowest BCUT2D eigenvalue weighted by atomic mass is 10.2. The summed E-state index contributed by atoms with van der Waals surface area (Å²) in [7, 11) is 0. The molecule has 1 heterocycles. The summed E-state index contributed by atoms with van der Waals surface area (Å²) in [6, 6.07) is 15.3. The molecule has 3 aromatic rings. The maximum atomic E-state index is 12.5. The zero-order valence-corrected chi connectivity index (χ0v) is 16.0. The Morgan fingerprint density at radius 1 is 1.15 bits per heavy atom. The van der Waals surface area contributed by atoms with Crippen LogP contribution in [-0.4, -0.2) is 33.7 Å². The molecule has 0 saturated carbocycles. The Kier molecular flexibility index (Phi) is 6.13. The number of amides is 2. The second-order valence-electron chi connectivity index (χ2n) is 6.16. The first-order valence-electron chi connectivity index (χ1n) is 8.76. The van der Waals surface area contributed by atoms with Gasteiger partial charge in [-0.2, -0.15) is 0 Å². The Bertz CT molecular complexity index is 968. The molecule has 6 nitrogen and oxygen atoms in total. The summed E-state index contributed by atoms with van der Waals surface area (Å²) in [5, 5.41) is 2.95. The molecule has 0 aliphatic rings. The van der Waals surface area contributed by atoms with E-state index in [1.807, 2.05) is 43.3 Å². The molecule has 140 valence electrons. The van der Waals surface area contributed by atoms with Crippen molar-refractivity contribution in [3.05, 3.63) is 59.9 Å². The van der Waals surface area contributed by atoms with Gasteiger partial charge in [-0.25, -0.2) is 4.98 Å². The Labute approximate surface area is 162 Å². The minimum atomic E-state index is -0.405. The van der Waals surface area contributed by atoms with Crippen molar-refractivity contribution in [1.82, 2.24) is 14.9 Å². The van der Waals surface area contributed by atoms with E-state index in [2.05, 4.69) is 20.9 Å². The molecule has 0 fully saturated rings. The van der Waals surface area contributed by atoms with E-state index in [0.29, 0.717) is 12.1 Å². The van der Waals surface area contributed by atoms with Crippen LogP contribution in [0.2, 0.25) is 0 Å². The second-order valence-corrected chi connectivity index (χ2v) is 7.18. The Morgan fingerprint density at radius 3 is 2.70 bits per heavy atom. The van der Waals surface area contributed by atoms with Crippen LogP contribution >= 0.6 is 11.8 Å². The molecule has 27 heavy (non-hydrogen) atoms. The molecule has 0 saturated heterocycles. The summed E-state index contributed by atoms with van der Waals surface area (Å²) in [6.07, 6.45) is 0.795. The first-order valence-corrected chi connectivity index (χ1v) is 9.75. The molecule has 2 aromatic carbocycles. The largest absolute Gasteiger partial charge is 0.369 e. The lowest BCUT2D eigenvalue weighted by Gasteiger charge is -2.10. The number of aryl methyl sites for hydroxylation is 2. The third kappa shape index (κ3) is 4.68. The predicted molar refractivity (Wildman–Crippen MR) is 108 cm³/mol. The first kappa shape index (κ1) is 19.0. The van der Waals surface area contributed by atoms with Crippen molar-refractivity contribution in [1.29, 1.82) is 0 Å². The molecular weight excluding hydrogens is 360 g/mol. The molecule has 0 bridgehead atoms. The number of hydrogen-bond acceptors (Lipinski definition) is 4. The van der Waals surface area contributed by atoms with Crippen molar-refractivity contribution in [2.45, 2.75) is 24.8 Å². The van der Waals surface area contributed by atoms with E-state index in [4.69, 9.17) is 5.73 Å². The summed E-state index contributed by atoms with van der Waals surface area (Å²) in [5.74, 6) is 0.570. The van der Waals surface area contributed by atoms with Gasteiger partial charge < -0.3 is 15.6 Å². The average molecular weight is 382 g/mol. The highest BCUT2D eigenvalue weighted by Crippen LogP contribution is 2.22. The van der Waals surface area contributed by atoms with Crippen molar-refractivity contribution in [2.75, 3.05) is 12.3 Å². The Balaban J connectivity index is 1.57. The van der Waals surface area contributed by atoms with Crippen LogP contribution in [0.5, 0.6) is 0 Å². The van der Waals surface area contributed by atoms with Gasteiger partial charge in [0.2, 0.25) is 5.91 Å². The maximum absolute atomic E-state index is 12.5. The molecule has 0 spiro atoms. The molecule has 3 N–H and O–H groups in total. The van der Waals surface area contributed by atoms with E-state index in [-0.39, 0.29) is 11.7 Å². The van der Waals surface area contributed by atoms with Crippen molar-refractivity contribution in [3.8, 4) is 0 Å². The number of para-hydroxylation sites is 2. The SMILES string of the molecule is Cc1nc2ccccc2n1CCCNC(=O)c1ccccc1SCC(N)=O. The van der Waals surface area contributed by atoms with E-state index in [1.165, 1.54) is 11.8 Å². The van der Waals surface area contributed by atoms with E-state index >= 15 is 0 Å². The molecule has 7 heteroatoms. The number of nitrogens with two attached hydrogens (primary N) is 1. The summed E-state index contributed by atoms with van der Waals surface area (Å²) in [5.41, 5.74) is 7.85. The van der Waals surface area contributed by atoms with Crippen molar-refractivity contribution < 1.29 is 9.59 Å². The molecular formula is C20H22N4O2S. The van der Waals surface area contributed by atoms with Crippen LogP contribution < -0.4 is 11.1 Å². The average Bonchev–Trinajstić information content (AvgIpc) is 2.98. The van der Waals surface area contributed by atoms with Crippen LogP contribution in [0.3, 0.4) is 0 Å². The number of carbonyl (C=O) groups is 2. The number of hydrogen-bond donors (Lipinski definition) is 2. The zero-order chi connectivity index (χ0) is 19.2. The maximum Gasteiger partial charge on any atom is 0.252 e. The number of nitrogens with one attached hydrogen (secondary N) is 1. The van der Waals surface area contributed by atoms with Gasteiger partial charge in [-0.05, 0) is 37.6 Å². The fraction of sp³-hybridized carbons (Fsp3) is 0.250. The lowest BCUT2D eigenvalue weighted by molar-refractivity contribution is -0.115. The van der Waals surface area contributed by atoms with Crippen LogP contribution in [0, 0.1) is 6.92 Å². The van der Waals surface area contributed by atoms with Crippen LogP contribution in [0.4, 0.5) is 0 Å². The summed E-state index contributed by atoms with van der Waals surface area (Å²) >= 11 is 1.28. The van der Waals surface area contributed by atoms with Gasteiger partial charge in [0.25, 0.3) is 5.91 Å². The number of rotatable bonds is 8. The molecule has 3 rings (SSSR count). The number of nitrogens with zero attached hydrogens (tertiary/aromatic N) is 2. The third-order valence-corrected chi connectivity index (χ3v) is 5.29. The molecule has 0 radical (unpaired) electrons. The first-order chi connectivity index (χ1) is 13.1. The van der Waals surface area contributed by atoms with Crippen LogP contribution in [0.1, 0.15) is 22.6 Å². The highest BCUT2D eigenvalue weighted by Gasteiger charge is 2.12. The minimum absolute atomic E-state index is 0.144. The van der Waals surface area contributed by atoms with Crippen LogP contribution in [0.15, 0.2) is 53.4 Å². The fourth-order valence-corrected chi connectivity index (χ4v) is 3.73. The number of primary amides is 1. The number of benzene rings is 2. The Morgan fingerprint density at radius 2 is 1.89 bits per heavy atom. The normalized spacial score (nSPS) is 10.9. The highest BCUT2D eigenvalue weighted by atomic mass is 32.2. The third-order valence-electron chi connectivity index (χ3n) is 4.19. The van der Waals surface area contributed by atoms with E-state index < -0.39 is 5.91 Å². The van der Waals surface area contributed by atoms with E-state index in [0.717, 1.165) is 34.7 Å². The van der Waals surface area contributed by atoms with Gasteiger partial charge in [0, 0.05) is 18.0 Å². The molecule has 0 aliphatic carbocycles. The molecule has 0 unspecified atom stereocenters. The monoisotopic (exact) mass is 382 g/mol. The van der Waals surface area contributed by atoms with Crippen molar-refractivity contribution in [2.24, 2.45) is 5.73 Å². The van der Waals surface area contributed by atoms with Crippen LogP contribution in [-0.2, 0) is 11.3 Å². The van der Waals surface area contributed by atoms with Gasteiger partial charge in [-0.1, -0.05) is 24.3 Å². The number of thioether (sulfide) groups is 1. The van der Waals surface area contributed by atoms with Gasteiger partial charge in [0.1, 0.15) is 5.82 Å². The standard InChI is InChI=1S/C20H22N4O2S/c1-14-23-16-8-3-4-9-17(16)24(14)12-6-11-22-20(26)15-7-2-5-10-18(15)27-13-19(21)25/h2-5,7-10H,6,11-13H2,1H3,(H2,21,25)(H,22,26). The number of carbonyl (C=O) groups excluding carboxylic acids is 2. The molecule has 2 amide bonds. The smallest absolute Gasteiger partial charge is 0.252 e. The topological polar surface area (TPSA) is 90.0 Å². The van der Waals surface area contributed by atoms with Crippen molar-refractivity contribution >= 4 is 34.6 Å². The summed E-state index contributed by atoms with van der Waals surface area (Å²) in [6.45, 7) is 3.33. The van der Waals surface area contributed by atoms with Gasteiger partial charge in [0.15, 0.2) is 0 Å². The molecule has 1 aromatic heterocycles. The molecule has 0 atom stereocenters. The van der Waals surface area contributed by atoms with Crippen molar-refractivity contribution in [3.63, 3.8) is 0 Å². The summed E-state index contributed by atoms with van der Waals surface area (Å²) < 4.78 is 2.16. The molecule has 0 aliphatic heterocycles. The van der Waals surface area contributed by atoms with Crippen LogP contribution in [0.25, 0.3) is 11.0 Å². The summed E-state index contributed by atoms with van der Waals surface area (Å²) in [4.78, 5) is 28.8. The van der Waals surface area contributed by atoms with Gasteiger partial charge in [-0.3, -0.25) is 9.59 Å². The van der Waals surface area contributed by atoms with E-state index in [9.17, 15) is 9.59 Å². The van der Waals surface area contributed by atoms with E-state index in [1.54, 1.807) is 6.07 Å². The zero-order valence-electron chi connectivity index (χ0n) is 15.1. The predicted octanol–water partition coefficient (Wildman–Crippen LogP) is 2.74. The quantitative estimate of drug-likeness (QED) is 0.463. The number of aromatic nitrogens is 2. The Hall–Kier alpha value is -2.80. The number of imidazole rings is 1. The van der Waals surface area contributed by atoms with Gasteiger partial charge >= 0.3 is 0 Å². The highest BCUT2D eigenvalue weighted by molar-refractivity contribution is 8.00. The second kappa shape index (κ2) is 8.73. The fourth-order valence-electron chi connectivity index (χ4n) is 2.94. The van der Waals surface area contributed by atoms with Gasteiger partial charge in [0.05, 0.1) is 22.3 Å². The van der Waals surface area contributed by atoms with Gasteiger partial charge in [-0.15, -0.1) is 11.8 Å².